The van der Waals surface area contributed by atoms with Crippen LogP contribution in [0.3, 0.4) is 0 Å². The highest BCUT2D eigenvalue weighted by Gasteiger charge is 2.21. The molecule has 2 aromatic carbocycles. The van der Waals surface area contributed by atoms with E-state index in [2.05, 4.69) is 15.0 Å². The molecule has 0 unspecified atom stereocenters. The molecular weight excluding hydrogens is 431 g/mol. The lowest BCUT2D eigenvalue weighted by Crippen LogP contribution is -2.16. The molecule has 1 aromatic heterocycles. The highest BCUT2D eigenvalue weighted by molar-refractivity contribution is 6.39. The first-order valence-electron chi connectivity index (χ1n) is 8.68. The summed E-state index contributed by atoms with van der Waals surface area (Å²) in [5, 5.41) is 3.83. The molecule has 154 valence electrons. The number of nitrogens with one attached hydrogen (secondary N) is 2. The van der Waals surface area contributed by atoms with E-state index in [1.54, 1.807) is 30.3 Å². The van der Waals surface area contributed by atoms with Crippen molar-refractivity contribution in [3.8, 4) is 0 Å². The molecule has 1 amide bonds. The van der Waals surface area contributed by atoms with E-state index < -0.39 is 24.5 Å². The quantitative estimate of drug-likeness (QED) is 0.430. The number of anilines is 1. The van der Waals surface area contributed by atoms with Crippen LogP contribution in [0, 0.1) is 0 Å². The Labute approximate surface area is 181 Å². The molecule has 1 heterocycles. The largest absolute Gasteiger partial charge is 0.466 e. The predicted molar refractivity (Wildman–Crippen MR) is 115 cm³/mol. The van der Waals surface area contributed by atoms with Gasteiger partial charge in [0.25, 0.3) is 0 Å². The number of methoxy groups -OCH3 is 1. The van der Waals surface area contributed by atoms with Gasteiger partial charge in [0, 0.05) is 33.3 Å². The predicted octanol–water partition coefficient (Wildman–Crippen LogP) is 4.46. The SMILES string of the molecule is COC(=O)COC(=O)c1[nH]c2cc(Cl)cc(Cl)c2c1C=CC(=O)Nc1ccccc1. The van der Waals surface area contributed by atoms with Gasteiger partial charge >= 0.3 is 11.9 Å². The molecule has 3 aromatic rings. The lowest BCUT2D eigenvalue weighted by atomic mass is 10.1. The van der Waals surface area contributed by atoms with Crippen LogP contribution in [0.25, 0.3) is 17.0 Å². The number of aromatic amines is 1. The Bertz CT molecular complexity index is 1140. The van der Waals surface area contributed by atoms with E-state index >= 15 is 0 Å². The van der Waals surface area contributed by atoms with Gasteiger partial charge in [0.05, 0.1) is 12.1 Å². The number of fused-ring (bicyclic) bond motifs is 1. The Morgan fingerprint density at radius 3 is 2.57 bits per heavy atom. The van der Waals surface area contributed by atoms with Crippen LogP contribution in [-0.4, -0.2) is 36.5 Å². The van der Waals surface area contributed by atoms with Gasteiger partial charge in [-0.1, -0.05) is 41.4 Å². The Morgan fingerprint density at radius 2 is 1.87 bits per heavy atom. The van der Waals surface area contributed by atoms with E-state index in [-0.39, 0.29) is 10.7 Å². The smallest absolute Gasteiger partial charge is 0.355 e. The molecule has 0 atom stereocenters. The molecule has 0 radical (unpaired) electrons. The summed E-state index contributed by atoms with van der Waals surface area (Å²) >= 11 is 12.4. The Kier molecular flexibility index (Phi) is 6.76. The highest BCUT2D eigenvalue weighted by atomic mass is 35.5. The fraction of sp³-hybridized carbons (Fsp3) is 0.0952. The number of benzene rings is 2. The summed E-state index contributed by atoms with van der Waals surface area (Å²) in [7, 11) is 1.18. The molecule has 7 nitrogen and oxygen atoms in total. The Balaban J connectivity index is 1.95. The van der Waals surface area contributed by atoms with E-state index in [0.717, 1.165) is 0 Å². The van der Waals surface area contributed by atoms with Crippen LogP contribution >= 0.6 is 23.2 Å². The summed E-state index contributed by atoms with van der Waals surface area (Å²) < 4.78 is 9.43. The molecular formula is C21H16Cl2N2O5. The summed E-state index contributed by atoms with van der Waals surface area (Å²) in [5.74, 6) is -1.93. The van der Waals surface area contributed by atoms with Crippen LogP contribution < -0.4 is 5.32 Å². The number of aromatic nitrogens is 1. The molecule has 0 spiro atoms. The third kappa shape index (κ3) is 5.00. The zero-order valence-corrected chi connectivity index (χ0v) is 17.2. The number of H-pyrrole nitrogens is 1. The highest BCUT2D eigenvalue weighted by Crippen LogP contribution is 2.33. The number of hydrogen-bond donors (Lipinski definition) is 2. The third-order valence-electron chi connectivity index (χ3n) is 4.05. The minimum Gasteiger partial charge on any atom is -0.466 e. The molecule has 30 heavy (non-hydrogen) atoms. The summed E-state index contributed by atoms with van der Waals surface area (Å²) in [6, 6.07) is 12.0. The third-order valence-corrected chi connectivity index (χ3v) is 4.57. The van der Waals surface area contributed by atoms with Crippen molar-refractivity contribution >= 4 is 63.7 Å². The summed E-state index contributed by atoms with van der Waals surface area (Å²) in [6.45, 7) is -0.559. The van der Waals surface area contributed by atoms with Crippen LogP contribution in [0.5, 0.6) is 0 Å². The van der Waals surface area contributed by atoms with Gasteiger partial charge in [-0.2, -0.15) is 0 Å². The number of para-hydroxylation sites is 1. The lowest BCUT2D eigenvalue weighted by molar-refractivity contribution is -0.144. The van der Waals surface area contributed by atoms with Crippen LogP contribution in [0.15, 0.2) is 48.5 Å². The van der Waals surface area contributed by atoms with E-state index in [1.807, 2.05) is 6.07 Å². The molecule has 0 aliphatic heterocycles. The van der Waals surface area contributed by atoms with Crippen LogP contribution in [0.2, 0.25) is 10.0 Å². The van der Waals surface area contributed by atoms with E-state index in [1.165, 1.54) is 25.3 Å². The van der Waals surface area contributed by atoms with Crippen molar-refractivity contribution in [2.24, 2.45) is 0 Å². The number of rotatable bonds is 6. The second-order valence-electron chi connectivity index (χ2n) is 6.06. The van der Waals surface area contributed by atoms with Crippen LogP contribution in [0.4, 0.5) is 5.69 Å². The maximum Gasteiger partial charge on any atom is 0.355 e. The van der Waals surface area contributed by atoms with E-state index in [9.17, 15) is 14.4 Å². The standard InChI is InChI=1S/C21H16Cl2N2O5/c1-29-18(27)11-30-21(28)20-14(19-15(23)9-12(22)10-16(19)25-20)7-8-17(26)24-13-5-3-2-4-6-13/h2-10,25H,11H2,1H3,(H,24,26). The Hall–Kier alpha value is -3.29. The molecule has 0 saturated carbocycles. The van der Waals surface area contributed by atoms with Crippen molar-refractivity contribution in [3.05, 3.63) is 69.8 Å². The van der Waals surface area contributed by atoms with Crippen molar-refractivity contribution in [3.63, 3.8) is 0 Å². The first kappa shape index (κ1) is 21.4. The lowest BCUT2D eigenvalue weighted by Gasteiger charge is -2.04. The van der Waals surface area contributed by atoms with Crippen molar-refractivity contribution in [1.82, 2.24) is 4.98 Å². The number of esters is 2. The second kappa shape index (κ2) is 9.47. The molecule has 3 rings (SSSR count). The minimum absolute atomic E-state index is 0.0156. The monoisotopic (exact) mass is 446 g/mol. The molecule has 0 aliphatic rings. The number of hydrogen-bond acceptors (Lipinski definition) is 5. The van der Waals surface area contributed by atoms with Crippen molar-refractivity contribution in [2.45, 2.75) is 0 Å². The summed E-state index contributed by atoms with van der Waals surface area (Å²) in [6.07, 6.45) is 2.70. The van der Waals surface area contributed by atoms with Gasteiger partial charge in [0.1, 0.15) is 5.69 Å². The van der Waals surface area contributed by atoms with Crippen LogP contribution in [0.1, 0.15) is 16.1 Å². The van der Waals surface area contributed by atoms with Crippen molar-refractivity contribution < 1.29 is 23.9 Å². The van der Waals surface area contributed by atoms with Gasteiger partial charge in [-0.3, -0.25) is 4.79 Å². The van der Waals surface area contributed by atoms with E-state index in [0.29, 0.717) is 27.2 Å². The van der Waals surface area contributed by atoms with E-state index in [4.69, 9.17) is 27.9 Å². The van der Waals surface area contributed by atoms with Crippen molar-refractivity contribution in [2.75, 3.05) is 19.0 Å². The normalized spacial score (nSPS) is 10.9. The molecule has 0 bridgehead atoms. The number of halogens is 2. The molecule has 2 N–H and O–H groups in total. The summed E-state index contributed by atoms with van der Waals surface area (Å²) in [4.78, 5) is 39.0. The topological polar surface area (TPSA) is 97.5 Å². The maximum absolute atomic E-state index is 12.5. The van der Waals surface area contributed by atoms with Gasteiger partial charge < -0.3 is 19.8 Å². The number of carbonyl (C=O) groups is 3. The fourth-order valence-corrected chi connectivity index (χ4v) is 3.32. The summed E-state index contributed by atoms with van der Waals surface area (Å²) in [5.41, 5.74) is 1.43. The average molecular weight is 447 g/mol. The zero-order valence-electron chi connectivity index (χ0n) is 15.7. The Morgan fingerprint density at radius 1 is 1.13 bits per heavy atom. The van der Waals surface area contributed by atoms with Crippen molar-refractivity contribution in [1.29, 1.82) is 0 Å². The van der Waals surface area contributed by atoms with Gasteiger partial charge in [0.15, 0.2) is 6.61 Å². The fourth-order valence-electron chi connectivity index (χ4n) is 2.72. The number of amides is 1. The number of carbonyl (C=O) groups excluding carboxylic acids is 3. The maximum atomic E-state index is 12.5. The average Bonchev–Trinajstić information content (AvgIpc) is 3.09. The van der Waals surface area contributed by atoms with Gasteiger partial charge in [-0.25, -0.2) is 9.59 Å². The van der Waals surface area contributed by atoms with Gasteiger partial charge in [0.2, 0.25) is 5.91 Å². The van der Waals surface area contributed by atoms with Gasteiger partial charge in [-0.05, 0) is 30.3 Å². The minimum atomic E-state index is -0.813. The molecule has 0 fully saturated rings. The van der Waals surface area contributed by atoms with Crippen LogP contribution in [-0.2, 0) is 19.1 Å². The van der Waals surface area contributed by atoms with Gasteiger partial charge in [-0.15, -0.1) is 0 Å². The second-order valence-corrected chi connectivity index (χ2v) is 6.91. The number of ether oxygens (including phenoxy) is 2. The first-order valence-corrected chi connectivity index (χ1v) is 9.43. The first-order chi connectivity index (χ1) is 14.4. The molecule has 0 saturated heterocycles. The zero-order chi connectivity index (χ0) is 21.7. The molecule has 0 aliphatic carbocycles. The molecule has 9 heteroatoms.